The number of carbonyl (C=O) groups excluding carboxylic acids is 1. The molecular weight excluding hydrogens is 387 g/mol. The van der Waals surface area contributed by atoms with Gasteiger partial charge in [-0.25, -0.2) is 4.68 Å². The Balaban J connectivity index is 1.58. The lowest BCUT2D eigenvalue weighted by Gasteiger charge is -2.11. The van der Waals surface area contributed by atoms with E-state index in [1.165, 1.54) is 29.1 Å². The molecule has 0 radical (unpaired) electrons. The van der Waals surface area contributed by atoms with Crippen LogP contribution < -0.4 is 10.1 Å². The van der Waals surface area contributed by atoms with Crippen molar-refractivity contribution in [3.63, 3.8) is 0 Å². The largest absolute Gasteiger partial charge is 0.471 e. The molecular formula is C19H20F3N5O2. The highest BCUT2D eigenvalue weighted by Gasteiger charge is 2.30. The Bertz CT molecular complexity index is 980. The predicted octanol–water partition coefficient (Wildman–Crippen LogP) is 3.65. The summed E-state index contributed by atoms with van der Waals surface area (Å²) in [5, 5.41) is 11.2. The van der Waals surface area contributed by atoms with E-state index >= 15 is 0 Å². The van der Waals surface area contributed by atoms with Crippen LogP contribution in [0.25, 0.3) is 0 Å². The minimum atomic E-state index is -4.44. The second kappa shape index (κ2) is 8.38. The van der Waals surface area contributed by atoms with Crippen LogP contribution in [0.5, 0.6) is 5.75 Å². The normalized spacial score (nSPS) is 12.6. The topological polar surface area (TPSA) is 74.0 Å². The van der Waals surface area contributed by atoms with Gasteiger partial charge in [-0.3, -0.25) is 9.48 Å². The lowest BCUT2D eigenvalue weighted by atomic mass is 10.2. The summed E-state index contributed by atoms with van der Waals surface area (Å²) in [6.07, 6.45) is -1.10. The van der Waals surface area contributed by atoms with Crippen LogP contribution in [0.1, 0.15) is 41.6 Å². The van der Waals surface area contributed by atoms with Crippen LogP contribution in [0.3, 0.4) is 0 Å². The highest BCUT2D eigenvalue weighted by atomic mass is 19.4. The van der Waals surface area contributed by atoms with Gasteiger partial charge >= 0.3 is 6.18 Å². The number of nitrogens with zero attached hydrogens (tertiary/aromatic N) is 4. The van der Waals surface area contributed by atoms with Crippen LogP contribution in [0.15, 0.2) is 48.8 Å². The molecule has 154 valence electrons. The number of aromatic nitrogens is 4. The average molecular weight is 407 g/mol. The van der Waals surface area contributed by atoms with Crippen molar-refractivity contribution in [2.45, 2.75) is 39.3 Å². The molecule has 3 aromatic rings. The number of hydrogen-bond acceptors (Lipinski definition) is 4. The fourth-order valence-electron chi connectivity index (χ4n) is 2.59. The lowest BCUT2D eigenvalue weighted by Crippen LogP contribution is -2.27. The Kier molecular flexibility index (Phi) is 5.90. The van der Waals surface area contributed by atoms with Gasteiger partial charge in [0, 0.05) is 18.9 Å². The maximum atomic E-state index is 12.7. The molecule has 7 nitrogen and oxygen atoms in total. The van der Waals surface area contributed by atoms with E-state index < -0.39 is 11.7 Å². The smallest absolute Gasteiger partial charge is 0.416 e. The third-order valence-corrected chi connectivity index (χ3v) is 4.17. The minimum Gasteiger partial charge on any atom is -0.471 e. The van der Waals surface area contributed by atoms with Gasteiger partial charge in [-0.15, -0.1) is 0 Å². The molecule has 3 rings (SSSR count). The quantitative estimate of drug-likeness (QED) is 0.649. The predicted molar refractivity (Wildman–Crippen MR) is 98.1 cm³/mol. The van der Waals surface area contributed by atoms with Gasteiger partial charge in [0.15, 0.2) is 6.73 Å². The standard InChI is InChI=1S/C19H20F3N5O2/c1-3-26-9-7-16(24-26)13(2)23-18(28)17-8-10-27(25-17)12-29-15-6-4-5-14(11-15)19(20,21)22/h4-11,13H,3,12H2,1-2H3,(H,23,28). The molecule has 1 amide bonds. The number of benzene rings is 1. The van der Waals surface area contributed by atoms with Gasteiger partial charge in [0.25, 0.3) is 5.91 Å². The molecule has 2 aromatic heterocycles. The molecule has 1 N–H and O–H groups in total. The summed E-state index contributed by atoms with van der Waals surface area (Å²) in [4.78, 5) is 12.4. The summed E-state index contributed by atoms with van der Waals surface area (Å²) in [6, 6.07) is 7.59. The zero-order chi connectivity index (χ0) is 21.0. The molecule has 29 heavy (non-hydrogen) atoms. The number of aryl methyl sites for hydroxylation is 1. The Labute approximate surface area is 165 Å². The van der Waals surface area contributed by atoms with Crippen molar-refractivity contribution in [3.05, 3.63) is 65.7 Å². The summed E-state index contributed by atoms with van der Waals surface area (Å²) in [5.41, 5.74) is 0.0990. The van der Waals surface area contributed by atoms with Crippen LogP contribution in [-0.2, 0) is 19.5 Å². The van der Waals surface area contributed by atoms with E-state index in [1.807, 2.05) is 26.1 Å². The molecule has 0 bridgehead atoms. The van der Waals surface area contributed by atoms with Gasteiger partial charge in [0.05, 0.1) is 17.3 Å². The number of alkyl halides is 3. The SMILES string of the molecule is CCn1ccc(C(C)NC(=O)c2ccn(COc3cccc(C(F)(F)F)c3)n2)n1. The van der Waals surface area contributed by atoms with Crippen molar-refractivity contribution in [1.29, 1.82) is 0 Å². The maximum absolute atomic E-state index is 12.7. The van der Waals surface area contributed by atoms with Crippen molar-refractivity contribution in [1.82, 2.24) is 24.9 Å². The van der Waals surface area contributed by atoms with Gasteiger partial charge in [-0.2, -0.15) is 23.4 Å². The van der Waals surface area contributed by atoms with Gasteiger partial charge in [0.1, 0.15) is 11.4 Å². The van der Waals surface area contributed by atoms with E-state index in [9.17, 15) is 18.0 Å². The third kappa shape index (κ3) is 5.15. The number of carbonyl (C=O) groups is 1. The number of hydrogen-bond donors (Lipinski definition) is 1. The van der Waals surface area contributed by atoms with Crippen molar-refractivity contribution < 1.29 is 22.7 Å². The van der Waals surface area contributed by atoms with Gasteiger partial charge < -0.3 is 10.1 Å². The molecule has 0 spiro atoms. The van der Waals surface area contributed by atoms with E-state index in [2.05, 4.69) is 15.5 Å². The van der Waals surface area contributed by atoms with Crippen LogP contribution in [0.2, 0.25) is 0 Å². The molecule has 0 saturated heterocycles. The van der Waals surface area contributed by atoms with Crippen molar-refractivity contribution in [2.24, 2.45) is 0 Å². The fourth-order valence-corrected chi connectivity index (χ4v) is 2.59. The summed E-state index contributed by atoms with van der Waals surface area (Å²) in [7, 11) is 0. The zero-order valence-electron chi connectivity index (χ0n) is 15.8. The molecule has 0 saturated carbocycles. The van der Waals surface area contributed by atoms with Crippen LogP contribution in [0, 0.1) is 0 Å². The molecule has 2 heterocycles. The number of nitrogens with one attached hydrogen (secondary N) is 1. The van der Waals surface area contributed by atoms with E-state index in [1.54, 1.807) is 4.68 Å². The average Bonchev–Trinajstić information content (AvgIpc) is 3.35. The van der Waals surface area contributed by atoms with Crippen LogP contribution in [-0.4, -0.2) is 25.5 Å². The molecule has 0 aliphatic rings. The molecule has 0 aliphatic heterocycles. The fraction of sp³-hybridized carbons (Fsp3) is 0.316. The Morgan fingerprint density at radius 2 is 1.93 bits per heavy atom. The number of amides is 1. The molecule has 10 heteroatoms. The lowest BCUT2D eigenvalue weighted by molar-refractivity contribution is -0.137. The van der Waals surface area contributed by atoms with E-state index in [4.69, 9.17) is 4.74 Å². The van der Waals surface area contributed by atoms with E-state index in [-0.39, 0.29) is 30.1 Å². The third-order valence-electron chi connectivity index (χ3n) is 4.17. The summed E-state index contributed by atoms with van der Waals surface area (Å²) in [6.45, 7) is 4.38. The van der Waals surface area contributed by atoms with Gasteiger partial charge in [-0.1, -0.05) is 6.07 Å². The monoisotopic (exact) mass is 407 g/mol. The first kappa shape index (κ1) is 20.4. The maximum Gasteiger partial charge on any atom is 0.416 e. The Hall–Kier alpha value is -3.30. The Morgan fingerprint density at radius 3 is 2.62 bits per heavy atom. The minimum absolute atomic E-state index is 0.0569. The van der Waals surface area contributed by atoms with Crippen LogP contribution in [0.4, 0.5) is 13.2 Å². The molecule has 1 unspecified atom stereocenters. The van der Waals surface area contributed by atoms with Crippen LogP contribution >= 0.6 is 0 Å². The van der Waals surface area contributed by atoms with E-state index in [0.717, 1.165) is 24.4 Å². The first-order valence-corrected chi connectivity index (χ1v) is 8.94. The molecule has 1 aromatic carbocycles. The summed E-state index contributed by atoms with van der Waals surface area (Å²) in [5.74, 6) is -0.331. The second-order valence-electron chi connectivity index (χ2n) is 6.33. The zero-order valence-corrected chi connectivity index (χ0v) is 15.8. The van der Waals surface area contributed by atoms with Crippen molar-refractivity contribution in [3.8, 4) is 5.75 Å². The molecule has 0 fully saturated rings. The number of ether oxygens (including phenoxy) is 1. The molecule has 0 aliphatic carbocycles. The van der Waals surface area contributed by atoms with Gasteiger partial charge in [0.2, 0.25) is 0 Å². The summed E-state index contributed by atoms with van der Waals surface area (Å²) < 4.78 is 46.7. The van der Waals surface area contributed by atoms with Crippen molar-refractivity contribution >= 4 is 5.91 Å². The van der Waals surface area contributed by atoms with Gasteiger partial charge in [-0.05, 0) is 44.2 Å². The van der Waals surface area contributed by atoms with E-state index in [0.29, 0.717) is 0 Å². The number of halogens is 3. The first-order valence-electron chi connectivity index (χ1n) is 8.94. The molecule has 1 atom stereocenters. The number of rotatable bonds is 7. The highest BCUT2D eigenvalue weighted by Crippen LogP contribution is 2.31. The highest BCUT2D eigenvalue weighted by molar-refractivity contribution is 5.92. The second-order valence-corrected chi connectivity index (χ2v) is 6.33. The van der Waals surface area contributed by atoms with Crippen molar-refractivity contribution in [2.75, 3.05) is 0 Å². The first-order chi connectivity index (χ1) is 13.8. The summed E-state index contributed by atoms with van der Waals surface area (Å²) >= 11 is 0. The Morgan fingerprint density at radius 1 is 1.17 bits per heavy atom.